The van der Waals surface area contributed by atoms with E-state index >= 15 is 0 Å². The summed E-state index contributed by atoms with van der Waals surface area (Å²) in [5.41, 5.74) is 0.260. The van der Waals surface area contributed by atoms with Crippen LogP contribution in [-0.2, 0) is 0 Å². The molecule has 2 nitrogen and oxygen atoms in total. The third-order valence-electron chi connectivity index (χ3n) is 1.49. The number of benzene rings is 1. The van der Waals surface area contributed by atoms with Gasteiger partial charge in [0, 0.05) is 5.56 Å². The van der Waals surface area contributed by atoms with E-state index in [1.54, 1.807) is 0 Å². The highest BCUT2D eigenvalue weighted by atomic mass is 79.9. The first-order valence-electron chi connectivity index (χ1n) is 3.34. The van der Waals surface area contributed by atoms with Gasteiger partial charge in [0.05, 0.1) is 9.80 Å². The average Bonchev–Trinajstić information content (AvgIpc) is 2.13. The lowest BCUT2D eigenvalue weighted by molar-refractivity contribution is 0.102. The highest BCUT2D eigenvalue weighted by Crippen LogP contribution is 2.30. The molecular formula is C8H5Br2FO2. The van der Waals surface area contributed by atoms with Gasteiger partial charge in [-0.1, -0.05) is 15.9 Å². The maximum absolute atomic E-state index is 12.7. The van der Waals surface area contributed by atoms with E-state index in [2.05, 4.69) is 31.9 Å². The molecule has 0 radical (unpaired) electrons. The predicted octanol–water partition coefficient (Wildman–Crippen LogP) is 2.87. The Kier molecular flexibility index (Phi) is 3.44. The first-order valence-corrected chi connectivity index (χ1v) is 5.25. The van der Waals surface area contributed by atoms with E-state index < -0.39 is 11.6 Å². The summed E-state index contributed by atoms with van der Waals surface area (Å²) in [5, 5.41) is 9.28. The fourth-order valence-corrected chi connectivity index (χ4v) is 1.67. The summed E-state index contributed by atoms with van der Waals surface area (Å²) in [7, 11) is 0. The van der Waals surface area contributed by atoms with Gasteiger partial charge in [0.15, 0.2) is 17.3 Å². The molecule has 0 aliphatic heterocycles. The SMILES string of the molecule is O=C(CBr)c1ccc(F)c(O)c1Br. The number of aromatic hydroxyl groups is 1. The quantitative estimate of drug-likeness (QED) is 0.673. The van der Waals surface area contributed by atoms with Gasteiger partial charge in [-0.3, -0.25) is 4.79 Å². The summed E-state index contributed by atoms with van der Waals surface area (Å²) >= 11 is 5.92. The Balaban J connectivity index is 3.26. The van der Waals surface area contributed by atoms with E-state index in [-0.39, 0.29) is 21.1 Å². The van der Waals surface area contributed by atoms with Gasteiger partial charge in [0.2, 0.25) is 0 Å². The van der Waals surface area contributed by atoms with Crippen LogP contribution in [0, 0.1) is 5.82 Å². The summed E-state index contributed by atoms with van der Waals surface area (Å²) in [6.07, 6.45) is 0. The minimum Gasteiger partial charge on any atom is -0.504 e. The topological polar surface area (TPSA) is 37.3 Å². The summed E-state index contributed by atoms with van der Waals surface area (Å²) in [5.74, 6) is -1.51. The maximum Gasteiger partial charge on any atom is 0.174 e. The minimum absolute atomic E-state index is 0.0944. The van der Waals surface area contributed by atoms with Crippen molar-refractivity contribution in [2.45, 2.75) is 0 Å². The van der Waals surface area contributed by atoms with Crippen molar-refractivity contribution in [3.05, 3.63) is 28.0 Å². The Morgan fingerprint density at radius 3 is 2.69 bits per heavy atom. The van der Waals surface area contributed by atoms with Gasteiger partial charge in [0.25, 0.3) is 0 Å². The molecule has 13 heavy (non-hydrogen) atoms. The zero-order valence-corrected chi connectivity index (χ0v) is 9.52. The molecule has 0 saturated heterocycles. The number of ketones is 1. The summed E-state index contributed by atoms with van der Waals surface area (Å²) in [6.45, 7) is 0. The predicted molar refractivity (Wildman–Crippen MR) is 53.9 cm³/mol. The Labute approximate surface area is 91.0 Å². The molecule has 0 amide bonds. The number of halogens is 3. The van der Waals surface area contributed by atoms with Gasteiger partial charge in [-0.05, 0) is 28.1 Å². The number of phenolic OH excluding ortho intramolecular Hbond substituents is 1. The second-order valence-corrected chi connectivity index (χ2v) is 3.67. The Hall–Kier alpha value is -0.420. The van der Waals surface area contributed by atoms with Gasteiger partial charge < -0.3 is 5.11 Å². The van der Waals surface area contributed by atoms with E-state index in [4.69, 9.17) is 5.11 Å². The van der Waals surface area contributed by atoms with Gasteiger partial charge in [-0.15, -0.1) is 0 Å². The molecule has 0 aliphatic rings. The van der Waals surface area contributed by atoms with E-state index in [9.17, 15) is 9.18 Å². The van der Waals surface area contributed by atoms with Crippen LogP contribution in [0.25, 0.3) is 0 Å². The van der Waals surface area contributed by atoms with Crippen molar-refractivity contribution in [1.29, 1.82) is 0 Å². The monoisotopic (exact) mass is 310 g/mol. The molecule has 1 aromatic carbocycles. The maximum atomic E-state index is 12.7. The summed E-state index contributed by atoms with van der Waals surface area (Å²) in [6, 6.07) is 2.37. The van der Waals surface area contributed by atoms with Crippen molar-refractivity contribution in [3.8, 4) is 5.75 Å². The normalized spacial score (nSPS) is 10.1. The summed E-state index contributed by atoms with van der Waals surface area (Å²) in [4.78, 5) is 11.2. The Bertz CT molecular complexity index is 352. The molecule has 0 atom stereocenters. The molecule has 0 unspecified atom stereocenters. The molecular weight excluding hydrogens is 307 g/mol. The fraction of sp³-hybridized carbons (Fsp3) is 0.125. The van der Waals surface area contributed by atoms with Gasteiger partial charge in [0.1, 0.15) is 0 Å². The number of carbonyl (C=O) groups is 1. The lowest BCUT2D eigenvalue weighted by atomic mass is 10.1. The zero-order valence-electron chi connectivity index (χ0n) is 6.35. The number of phenols is 1. The molecule has 0 heterocycles. The number of hydrogen-bond acceptors (Lipinski definition) is 2. The standard InChI is InChI=1S/C8H5Br2FO2/c9-3-6(12)4-1-2-5(11)8(13)7(4)10/h1-2,13H,3H2. The zero-order chi connectivity index (χ0) is 10.0. The fourth-order valence-electron chi connectivity index (χ4n) is 0.828. The van der Waals surface area contributed by atoms with E-state index in [0.717, 1.165) is 6.07 Å². The highest BCUT2D eigenvalue weighted by molar-refractivity contribution is 9.10. The second-order valence-electron chi connectivity index (χ2n) is 2.31. The molecule has 1 rings (SSSR count). The van der Waals surface area contributed by atoms with Crippen molar-refractivity contribution >= 4 is 37.6 Å². The minimum atomic E-state index is -0.752. The largest absolute Gasteiger partial charge is 0.504 e. The van der Waals surface area contributed by atoms with Gasteiger partial charge in [-0.2, -0.15) is 0 Å². The second kappa shape index (κ2) is 4.19. The van der Waals surface area contributed by atoms with Crippen LogP contribution < -0.4 is 0 Å². The molecule has 0 bridgehead atoms. The van der Waals surface area contributed by atoms with Crippen LogP contribution in [0.5, 0.6) is 5.75 Å². The van der Waals surface area contributed by atoms with Crippen molar-refractivity contribution in [3.63, 3.8) is 0 Å². The van der Waals surface area contributed by atoms with Crippen molar-refractivity contribution < 1.29 is 14.3 Å². The molecule has 1 N–H and O–H groups in total. The Morgan fingerprint density at radius 1 is 1.54 bits per heavy atom. The van der Waals surface area contributed by atoms with Crippen LogP contribution in [0.2, 0.25) is 0 Å². The van der Waals surface area contributed by atoms with E-state index in [1.807, 2.05) is 0 Å². The van der Waals surface area contributed by atoms with Gasteiger partial charge in [-0.25, -0.2) is 4.39 Å². The highest BCUT2D eigenvalue weighted by Gasteiger charge is 2.14. The molecule has 0 aromatic heterocycles. The number of alkyl halides is 1. The van der Waals surface area contributed by atoms with Crippen molar-refractivity contribution in [2.24, 2.45) is 0 Å². The van der Waals surface area contributed by atoms with Crippen LogP contribution in [0.3, 0.4) is 0 Å². The van der Waals surface area contributed by atoms with Gasteiger partial charge >= 0.3 is 0 Å². The van der Waals surface area contributed by atoms with Crippen LogP contribution in [0.1, 0.15) is 10.4 Å². The number of Topliss-reactive ketones (excluding diaryl/α,β-unsaturated/α-hetero) is 1. The number of hydrogen-bond donors (Lipinski definition) is 1. The first kappa shape index (κ1) is 10.7. The molecule has 1 aromatic rings. The molecule has 0 spiro atoms. The lowest BCUT2D eigenvalue weighted by Crippen LogP contribution is -2.01. The van der Waals surface area contributed by atoms with Crippen molar-refractivity contribution in [2.75, 3.05) is 5.33 Å². The number of carbonyl (C=O) groups excluding carboxylic acids is 1. The van der Waals surface area contributed by atoms with Crippen LogP contribution in [0.4, 0.5) is 4.39 Å². The third-order valence-corrected chi connectivity index (χ3v) is 2.80. The van der Waals surface area contributed by atoms with Crippen molar-refractivity contribution in [1.82, 2.24) is 0 Å². The first-order chi connectivity index (χ1) is 6.07. The molecule has 0 aliphatic carbocycles. The van der Waals surface area contributed by atoms with Crippen LogP contribution in [0.15, 0.2) is 16.6 Å². The van der Waals surface area contributed by atoms with Crippen LogP contribution in [-0.4, -0.2) is 16.2 Å². The molecule has 5 heteroatoms. The third kappa shape index (κ3) is 2.08. The average molecular weight is 312 g/mol. The summed E-state index contributed by atoms with van der Waals surface area (Å²) < 4.78 is 12.8. The smallest absolute Gasteiger partial charge is 0.174 e. The molecule has 0 saturated carbocycles. The Morgan fingerprint density at radius 2 is 2.15 bits per heavy atom. The van der Waals surface area contributed by atoms with Crippen LogP contribution >= 0.6 is 31.9 Å². The molecule has 0 fully saturated rings. The lowest BCUT2D eigenvalue weighted by Gasteiger charge is -2.03. The number of rotatable bonds is 2. The van der Waals surface area contributed by atoms with E-state index in [1.165, 1.54) is 6.07 Å². The molecule has 70 valence electrons. The van der Waals surface area contributed by atoms with E-state index in [0.29, 0.717) is 0 Å².